The maximum Gasteiger partial charge on any atom is 0.243 e. The van der Waals surface area contributed by atoms with Gasteiger partial charge < -0.3 is 24.8 Å². The Morgan fingerprint density at radius 1 is 1.02 bits per heavy atom. The topological polar surface area (TPSA) is 106 Å². The molecule has 6 rings (SSSR count). The Morgan fingerprint density at radius 2 is 1.79 bits per heavy atom. The van der Waals surface area contributed by atoms with Crippen LogP contribution in [-0.2, 0) is 32.1 Å². The molecule has 0 bridgehead atoms. The van der Waals surface area contributed by atoms with Gasteiger partial charge in [-0.15, -0.1) is 0 Å². The monoisotopic (exact) mass is 639 g/mol. The van der Waals surface area contributed by atoms with Crippen LogP contribution in [0.2, 0.25) is 0 Å². The smallest absolute Gasteiger partial charge is 0.243 e. The average Bonchev–Trinajstić information content (AvgIpc) is 3.46. The summed E-state index contributed by atoms with van der Waals surface area (Å²) < 4.78 is 7.89. The summed E-state index contributed by atoms with van der Waals surface area (Å²) in [6.45, 7) is 7.35. The van der Waals surface area contributed by atoms with Crippen molar-refractivity contribution in [3.63, 3.8) is 0 Å². The Hall–Kier alpha value is -3.98. The van der Waals surface area contributed by atoms with Gasteiger partial charge in [-0.3, -0.25) is 14.4 Å². The van der Waals surface area contributed by atoms with Gasteiger partial charge in [0.05, 0.1) is 16.4 Å². The van der Waals surface area contributed by atoms with Gasteiger partial charge in [0.25, 0.3) is 0 Å². The molecule has 3 aromatic rings. The molecule has 0 radical (unpaired) electrons. The number of ether oxygens (including phenoxy) is 1. The molecular weight excluding hydrogens is 590 g/mol. The minimum Gasteiger partial charge on any atom is -0.381 e. The van der Waals surface area contributed by atoms with Crippen molar-refractivity contribution in [3.05, 3.63) is 78.1 Å². The zero-order valence-electron chi connectivity index (χ0n) is 27.8. The summed E-state index contributed by atoms with van der Waals surface area (Å²) in [6, 6.07) is 17.3. The first-order chi connectivity index (χ1) is 22.8. The largest absolute Gasteiger partial charge is 0.381 e. The zero-order chi connectivity index (χ0) is 32.8. The molecule has 0 saturated carbocycles. The Bertz CT molecular complexity index is 1580. The highest BCUT2D eigenvalue weighted by molar-refractivity contribution is 5.90. The summed E-state index contributed by atoms with van der Waals surface area (Å²) in [4.78, 5) is 48.1. The maximum atomic E-state index is 13.9. The minimum atomic E-state index is -0.677. The number of hydrogen-bond acceptors (Lipinski definition) is 5. The van der Waals surface area contributed by atoms with Crippen LogP contribution in [0.5, 0.6) is 0 Å². The molecule has 0 aliphatic carbocycles. The van der Waals surface area contributed by atoms with Crippen LogP contribution < -0.4 is 10.6 Å². The molecule has 4 heterocycles. The molecule has 3 atom stereocenters. The molecular formula is C38H49N5O4. The summed E-state index contributed by atoms with van der Waals surface area (Å²) in [5, 5.41) is 6.47. The SMILES string of the molecule is CC(C)c1nc2ccccc2n1CCCC(=O)N1CC[C@@H]2NC(=O)[C@@H](Cc3ccccc3)NC(=O)C3(C/C=C/C[C@@H]2C1)CCOCC3. The molecule has 0 unspecified atom stereocenters. The van der Waals surface area contributed by atoms with Crippen LogP contribution in [0.4, 0.5) is 0 Å². The second kappa shape index (κ2) is 14.8. The number of carbonyl (C=O) groups excluding carboxylic acids is 3. The van der Waals surface area contributed by atoms with Crippen molar-refractivity contribution in [3.8, 4) is 0 Å². The Balaban J connectivity index is 1.14. The number of piperidine rings is 1. The van der Waals surface area contributed by atoms with E-state index in [1.807, 2.05) is 53.4 Å². The van der Waals surface area contributed by atoms with Gasteiger partial charge in [0.1, 0.15) is 11.9 Å². The fraction of sp³-hybridized carbons (Fsp3) is 0.526. The van der Waals surface area contributed by atoms with E-state index in [9.17, 15) is 14.4 Å². The van der Waals surface area contributed by atoms with E-state index in [0.29, 0.717) is 70.7 Å². The Morgan fingerprint density at radius 3 is 2.57 bits per heavy atom. The first kappa shape index (κ1) is 32.9. The number of likely N-dealkylation sites (tertiary alicyclic amines) is 1. The second-order valence-corrected chi connectivity index (χ2v) is 13.9. The van der Waals surface area contributed by atoms with Crippen LogP contribution >= 0.6 is 0 Å². The quantitative estimate of drug-likeness (QED) is 0.348. The van der Waals surface area contributed by atoms with E-state index in [0.717, 1.165) is 41.8 Å². The highest BCUT2D eigenvalue weighted by Crippen LogP contribution is 2.36. The molecule has 9 heteroatoms. The molecule has 1 aromatic heterocycles. The van der Waals surface area contributed by atoms with E-state index in [1.54, 1.807) is 0 Å². The van der Waals surface area contributed by atoms with Gasteiger partial charge in [-0.05, 0) is 56.2 Å². The first-order valence-corrected chi connectivity index (χ1v) is 17.4. The maximum absolute atomic E-state index is 13.9. The zero-order valence-corrected chi connectivity index (χ0v) is 27.8. The number of rotatable bonds is 7. The summed E-state index contributed by atoms with van der Waals surface area (Å²) in [6.07, 6.45) is 9.24. The highest BCUT2D eigenvalue weighted by Gasteiger charge is 2.41. The molecule has 9 nitrogen and oxygen atoms in total. The second-order valence-electron chi connectivity index (χ2n) is 13.9. The number of imidazole rings is 1. The van der Waals surface area contributed by atoms with Crippen molar-refractivity contribution in [1.82, 2.24) is 25.1 Å². The normalized spacial score (nSPS) is 24.2. The van der Waals surface area contributed by atoms with Crippen molar-refractivity contribution >= 4 is 28.8 Å². The Labute approximate surface area is 278 Å². The lowest BCUT2D eigenvalue weighted by molar-refractivity contribution is -0.140. The van der Waals surface area contributed by atoms with Gasteiger partial charge >= 0.3 is 0 Å². The van der Waals surface area contributed by atoms with Crippen molar-refractivity contribution in [2.24, 2.45) is 11.3 Å². The molecule has 250 valence electrons. The van der Waals surface area contributed by atoms with Gasteiger partial charge in [-0.25, -0.2) is 4.98 Å². The van der Waals surface area contributed by atoms with E-state index >= 15 is 0 Å². The van der Waals surface area contributed by atoms with E-state index in [2.05, 4.69) is 47.3 Å². The van der Waals surface area contributed by atoms with Crippen molar-refractivity contribution in [1.29, 1.82) is 0 Å². The number of para-hydroxylation sites is 2. The number of nitrogens with one attached hydrogen (secondary N) is 2. The molecule has 47 heavy (non-hydrogen) atoms. The third-order valence-electron chi connectivity index (χ3n) is 10.3. The molecule has 3 aliphatic rings. The lowest BCUT2D eigenvalue weighted by Crippen LogP contribution is -2.58. The van der Waals surface area contributed by atoms with Crippen LogP contribution in [0.3, 0.4) is 0 Å². The number of allylic oxidation sites excluding steroid dienone is 2. The summed E-state index contributed by atoms with van der Waals surface area (Å²) in [5.41, 5.74) is 2.52. The van der Waals surface area contributed by atoms with E-state index in [4.69, 9.17) is 9.72 Å². The molecule has 3 amide bonds. The molecule has 2 aromatic carbocycles. The molecule has 2 N–H and O–H groups in total. The molecule has 2 fully saturated rings. The highest BCUT2D eigenvalue weighted by atomic mass is 16.5. The fourth-order valence-electron chi connectivity index (χ4n) is 7.52. The number of hydrogen-bond donors (Lipinski definition) is 2. The number of fused-ring (bicyclic) bond motifs is 2. The number of carbonyl (C=O) groups is 3. The van der Waals surface area contributed by atoms with Crippen molar-refractivity contribution < 1.29 is 19.1 Å². The van der Waals surface area contributed by atoms with Crippen LogP contribution in [0.25, 0.3) is 11.0 Å². The first-order valence-electron chi connectivity index (χ1n) is 17.4. The van der Waals surface area contributed by atoms with Gasteiger partial charge in [0.2, 0.25) is 17.7 Å². The van der Waals surface area contributed by atoms with E-state index < -0.39 is 11.5 Å². The van der Waals surface area contributed by atoms with E-state index in [-0.39, 0.29) is 29.7 Å². The van der Waals surface area contributed by atoms with Crippen LogP contribution in [-0.4, -0.2) is 70.6 Å². The minimum absolute atomic E-state index is 0.0664. The fourth-order valence-corrected chi connectivity index (χ4v) is 7.52. The van der Waals surface area contributed by atoms with Crippen LogP contribution in [0.1, 0.15) is 76.1 Å². The summed E-state index contributed by atoms with van der Waals surface area (Å²) >= 11 is 0. The number of benzene rings is 2. The third kappa shape index (κ3) is 7.61. The van der Waals surface area contributed by atoms with Gasteiger partial charge in [0.15, 0.2) is 0 Å². The number of amides is 3. The standard InChI is InChI=1S/C38H49N5O4/c1-27(2)35-39-31-14-6-7-15-33(31)43(35)21-10-16-34(44)42-22-17-30-29(26-42)13-8-9-18-38(19-23-47-24-20-38)37(46)41-32(36(45)40-30)25-28-11-4-3-5-12-28/h3-9,11-12,14-15,27,29-30,32H,10,13,16-26H2,1-2H3,(H,40,45)(H,41,46)/b9-8+/t29-,30+,32-/m1/s1. The van der Waals surface area contributed by atoms with E-state index in [1.165, 1.54) is 0 Å². The number of aryl methyl sites for hydroxylation is 1. The predicted octanol–water partition coefficient (Wildman–Crippen LogP) is 5.15. The van der Waals surface area contributed by atoms with Crippen molar-refractivity contribution in [2.75, 3.05) is 26.3 Å². The number of nitrogens with zero attached hydrogens (tertiary/aromatic N) is 3. The summed E-state index contributed by atoms with van der Waals surface area (Å²) in [7, 11) is 0. The van der Waals surface area contributed by atoms with Gasteiger partial charge in [-0.2, -0.15) is 0 Å². The molecule has 3 aliphatic heterocycles. The Kier molecular flexibility index (Phi) is 10.4. The average molecular weight is 640 g/mol. The van der Waals surface area contributed by atoms with Crippen LogP contribution in [0, 0.1) is 11.3 Å². The number of aromatic nitrogens is 2. The molecule has 2 saturated heterocycles. The lowest BCUT2D eigenvalue weighted by atomic mass is 9.75. The van der Waals surface area contributed by atoms with Crippen LogP contribution in [0.15, 0.2) is 66.7 Å². The third-order valence-corrected chi connectivity index (χ3v) is 10.3. The van der Waals surface area contributed by atoms with Crippen molar-refractivity contribution in [2.45, 2.75) is 89.8 Å². The van der Waals surface area contributed by atoms with Gasteiger partial charge in [0, 0.05) is 63.6 Å². The van der Waals surface area contributed by atoms with Gasteiger partial charge in [-0.1, -0.05) is 68.5 Å². The molecule has 1 spiro atoms. The predicted molar refractivity (Wildman–Crippen MR) is 183 cm³/mol. The lowest BCUT2D eigenvalue weighted by Gasteiger charge is -2.40. The summed E-state index contributed by atoms with van der Waals surface area (Å²) in [5.74, 6) is 1.38.